The molecule has 20 heavy (non-hydrogen) atoms. The number of Topliss-reactive ketones (excluding diaryl/α,β-unsaturated/α-hetero) is 1. The van der Waals surface area contributed by atoms with Crippen molar-refractivity contribution in [3.63, 3.8) is 0 Å². The number of allylic oxidation sites excluding steroid dienone is 2. The molecule has 0 N–H and O–H groups in total. The Morgan fingerprint density at radius 3 is 2.35 bits per heavy atom. The van der Waals surface area contributed by atoms with Crippen LogP contribution in [0.3, 0.4) is 0 Å². The Morgan fingerprint density at radius 2 is 1.75 bits per heavy atom. The van der Waals surface area contributed by atoms with Crippen molar-refractivity contribution in [1.29, 1.82) is 0 Å². The molecule has 0 atom stereocenters. The lowest BCUT2D eigenvalue weighted by Crippen LogP contribution is -2.11. The van der Waals surface area contributed by atoms with Crippen LogP contribution in [-0.4, -0.2) is 23.1 Å². The van der Waals surface area contributed by atoms with E-state index in [0.717, 1.165) is 27.7 Å². The fourth-order valence-corrected chi connectivity index (χ4v) is 4.55. The van der Waals surface area contributed by atoms with E-state index < -0.39 is 0 Å². The minimum atomic E-state index is -0.196. The van der Waals surface area contributed by atoms with Crippen LogP contribution in [0.5, 0.6) is 0 Å². The number of carbonyl (C=O) groups excluding carboxylic acids is 2. The maximum absolute atomic E-state index is 12.3. The summed E-state index contributed by atoms with van der Waals surface area (Å²) in [5, 5.41) is 0. The van der Waals surface area contributed by atoms with Gasteiger partial charge in [-0.05, 0) is 36.5 Å². The monoisotopic (exact) mass is 304 g/mol. The Balaban J connectivity index is 2.20. The highest BCUT2D eigenvalue weighted by molar-refractivity contribution is 8.22. The molecule has 0 saturated carbocycles. The van der Waals surface area contributed by atoms with Crippen molar-refractivity contribution < 1.29 is 9.59 Å². The molecule has 1 aliphatic rings. The van der Waals surface area contributed by atoms with Crippen LogP contribution in [0.4, 0.5) is 0 Å². The molecule has 1 aromatic rings. The quantitative estimate of drug-likeness (QED) is 0.479. The van der Waals surface area contributed by atoms with Crippen molar-refractivity contribution in [2.75, 3.05) is 11.5 Å². The number of benzene rings is 1. The second kappa shape index (κ2) is 7.50. The third-order valence-corrected chi connectivity index (χ3v) is 5.41. The van der Waals surface area contributed by atoms with E-state index in [0.29, 0.717) is 5.57 Å². The predicted octanol–water partition coefficient (Wildman–Crippen LogP) is 3.94. The first-order valence-electron chi connectivity index (χ1n) is 6.47. The number of hydrogen-bond donors (Lipinski definition) is 0. The van der Waals surface area contributed by atoms with Crippen LogP contribution in [0.25, 0.3) is 6.08 Å². The van der Waals surface area contributed by atoms with Gasteiger partial charge in [0, 0.05) is 0 Å². The predicted molar refractivity (Wildman–Crippen MR) is 87.7 cm³/mol. The van der Waals surface area contributed by atoms with E-state index in [4.69, 9.17) is 0 Å². The van der Waals surface area contributed by atoms with Crippen molar-refractivity contribution in [2.24, 2.45) is 0 Å². The van der Waals surface area contributed by atoms with Gasteiger partial charge in [0.05, 0.1) is 9.81 Å². The third-order valence-electron chi connectivity index (χ3n) is 2.78. The highest BCUT2D eigenvalue weighted by atomic mass is 32.2. The van der Waals surface area contributed by atoms with E-state index in [1.807, 2.05) is 30.3 Å². The van der Waals surface area contributed by atoms with Crippen LogP contribution in [-0.2, 0) is 9.59 Å². The molecular formula is C16H16O2S2. The normalized spacial score (nSPS) is 15.3. The van der Waals surface area contributed by atoms with Gasteiger partial charge in [-0.2, -0.15) is 0 Å². The zero-order chi connectivity index (χ0) is 14.4. The highest BCUT2D eigenvalue weighted by Gasteiger charge is 2.20. The molecule has 0 aliphatic carbocycles. The second-order valence-electron chi connectivity index (χ2n) is 4.38. The van der Waals surface area contributed by atoms with Crippen molar-refractivity contribution >= 4 is 41.2 Å². The second-order valence-corrected chi connectivity index (χ2v) is 6.85. The Bertz CT molecular complexity index is 551. The zero-order valence-electron chi connectivity index (χ0n) is 11.3. The van der Waals surface area contributed by atoms with Gasteiger partial charge in [-0.25, -0.2) is 0 Å². The van der Waals surface area contributed by atoms with Crippen LogP contribution < -0.4 is 0 Å². The van der Waals surface area contributed by atoms with Gasteiger partial charge < -0.3 is 0 Å². The van der Waals surface area contributed by atoms with E-state index in [1.54, 1.807) is 29.6 Å². The van der Waals surface area contributed by atoms with Crippen molar-refractivity contribution in [3.05, 3.63) is 51.8 Å². The lowest BCUT2D eigenvalue weighted by atomic mass is 10.1. The van der Waals surface area contributed by atoms with Gasteiger partial charge in [-0.1, -0.05) is 36.4 Å². The Labute approximate surface area is 127 Å². The van der Waals surface area contributed by atoms with E-state index in [2.05, 4.69) is 0 Å². The van der Waals surface area contributed by atoms with E-state index >= 15 is 0 Å². The smallest absolute Gasteiger partial charge is 0.191 e. The molecule has 1 saturated heterocycles. The van der Waals surface area contributed by atoms with Crippen LogP contribution in [0.1, 0.15) is 18.9 Å². The number of rotatable bonds is 4. The number of carbonyl (C=O) groups is 2. The minimum Gasteiger partial charge on any atom is -0.294 e. The molecule has 0 unspecified atom stereocenters. The lowest BCUT2D eigenvalue weighted by Gasteiger charge is -2.15. The molecule has 1 heterocycles. The molecule has 0 spiro atoms. The van der Waals surface area contributed by atoms with Gasteiger partial charge in [0.1, 0.15) is 0 Å². The molecule has 1 fully saturated rings. The summed E-state index contributed by atoms with van der Waals surface area (Å²) in [5.74, 6) is 1.62. The average molecular weight is 304 g/mol. The van der Waals surface area contributed by atoms with Crippen molar-refractivity contribution in [3.8, 4) is 0 Å². The van der Waals surface area contributed by atoms with E-state index in [1.165, 1.54) is 13.0 Å². The highest BCUT2D eigenvalue weighted by Crippen LogP contribution is 2.37. The summed E-state index contributed by atoms with van der Waals surface area (Å²) in [5.41, 5.74) is 1.30. The van der Waals surface area contributed by atoms with Gasteiger partial charge in [0.2, 0.25) is 0 Å². The largest absolute Gasteiger partial charge is 0.294 e. The molecule has 2 rings (SSSR count). The zero-order valence-corrected chi connectivity index (χ0v) is 12.9. The fourth-order valence-electron chi connectivity index (χ4n) is 1.81. The summed E-state index contributed by atoms with van der Waals surface area (Å²) >= 11 is 3.23. The van der Waals surface area contributed by atoms with Gasteiger partial charge in [-0.3, -0.25) is 9.59 Å². The van der Waals surface area contributed by atoms with Gasteiger partial charge in [0.15, 0.2) is 11.6 Å². The first kappa shape index (κ1) is 15.1. The molecule has 0 bridgehead atoms. The van der Waals surface area contributed by atoms with Crippen LogP contribution in [0.15, 0.2) is 46.2 Å². The number of thioether (sulfide) groups is 2. The van der Waals surface area contributed by atoms with Gasteiger partial charge in [-0.15, -0.1) is 23.5 Å². The molecular weight excluding hydrogens is 288 g/mol. The lowest BCUT2D eigenvalue weighted by molar-refractivity contribution is -0.118. The summed E-state index contributed by atoms with van der Waals surface area (Å²) in [6.07, 6.45) is 4.37. The van der Waals surface area contributed by atoms with E-state index in [9.17, 15) is 9.59 Å². The summed E-state index contributed by atoms with van der Waals surface area (Å²) < 4.78 is 0.881. The third kappa shape index (κ3) is 4.12. The number of ketones is 2. The van der Waals surface area contributed by atoms with Gasteiger partial charge >= 0.3 is 0 Å². The SMILES string of the molecule is CC(=O)C(C(=O)/C=C/c1ccccc1)=C1SCCCS1. The molecule has 0 aromatic heterocycles. The summed E-state index contributed by atoms with van der Waals surface area (Å²) in [4.78, 5) is 24.0. The van der Waals surface area contributed by atoms with E-state index in [-0.39, 0.29) is 11.6 Å². The standard InChI is InChI=1S/C16H16O2S2/c1-12(17)15(16-19-10-5-11-20-16)14(18)9-8-13-6-3-2-4-7-13/h2-4,6-9H,5,10-11H2,1H3/b9-8+. The molecule has 4 heteroatoms. The molecule has 0 radical (unpaired) electrons. The molecule has 2 nitrogen and oxygen atoms in total. The van der Waals surface area contributed by atoms with Crippen molar-refractivity contribution in [1.82, 2.24) is 0 Å². The Morgan fingerprint density at radius 1 is 1.10 bits per heavy atom. The summed E-state index contributed by atoms with van der Waals surface area (Å²) in [6, 6.07) is 9.61. The van der Waals surface area contributed by atoms with Crippen LogP contribution in [0, 0.1) is 0 Å². The molecule has 0 amide bonds. The maximum atomic E-state index is 12.3. The summed E-state index contributed by atoms with van der Waals surface area (Å²) in [7, 11) is 0. The van der Waals surface area contributed by atoms with Crippen LogP contribution >= 0.6 is 23.5 Å². The van der Waals surface area contributed by atoms with Crippen LogP contribution in [0.2, 0.25) is 0 Å². The van der Waals surface area contributed by atoms with Gasteiger partial charge in [0.25, 0.3) is 0 Å². The molecule has 1 aromatic carbocycles. The fraction of sp³-hybridized carbons (Fsp3) is 0.250. The van der Waals surface area contributed by atoms with Crippen molar-refractivity contribution in [2.45, 2.75) is 13.3 Å². The minimum absolute atomic E-state index is 0.149. The topological polar surface area (TPSA) is 34.1 Å². The average Bonchev–Trinajstić information content (AvgIpc) is 2.47. The molecule has 1 aliphatic heterocycles. The first-order valence-corrected chi connectivity index (χ1v) is 8.44. The number of hydrogen-bond acceptors (Lipinski definition) is 4. The maximum Gasteiger partial charge on any atom is 0.191 e. The summed E-state index contributed by atoms with van der Waals surface area (Å²) in [6.45, 7) is 1.46. The first-order chi connectivity index (χ1) is 9.68. The molecule has 104 valence electrons. The Hall–Kier alpha value is -1.26. The Kier molecular flexibility index (Phi) is 5.68.